The van der Waals surface area contributed by atoms with Gasteiger partial charge >= 0.3 is 6.03 Å². The number of rotatable bonds is 7. The molecule has 0 saturated carbocycles. The number of nitrogens with zero attached hydrogens (tertiary/aromatic N) is 2. The van der Waals surface area contributed by atoms with E-state index >= 15 is 0 Å². The van der Waals surface area contributed by atoms with Crippen molar-refractivity contribution in [2.24, 2.45) is 0 Å². The Bertz CT molecular complexity index is 528. The molecule has 0 aromatic heterocycles. The topological polar surface area (TPSA) is 66.9 Å². The van der Waals surface area contributed by atoms with E-state index in [9.17, 15) is 14.4 Å². The average Bonchev–Trinajstić information content (AvgIpc) is 2.55. The Morgan fingerprint density at radius 2 is 1.95 bits per heavy atom. The number of hydrogen-bond donors (Lipinski definition) is 0. The molecule has 0 unspecified atom stereocenters. The lowest BCUT2D eigenvalue weighted by Gasteiger charge is -2.25. The number of hydrogen-bond acceptors (Lipinski definition) is 4. The molecule has 1 aromatic rings. The molecule has 0 saturated heterocycles. The molecule has 0 aliphatic rings. The van der Waals surface area contributed by atoms with Crippen LogP contribution < -0.4 is 0 Å². The Labute approximate surface area is 129 Å². The van der Waals surface area contributed by atoms with Gasteiger partial charge in [0.1, 0.15) is 0 Å². The van der Waals surface area contributed by atoms with Crippen molar-refractivity contribution in [3.63, 3.8) is 0 Å². The summed E-state index contributed by atoms with van der Waals surface area (Å²) < 4.78 is 0. The lowest BCUT2D eigenvalue weighted by molar-refractivity contribution is -0.129. The fourth-order valence-corrected chi connectivity index (χ4v) is 1.73. The van der Waals surface area contributed by atoms with Crippen molar-refractivity contribution in [3.05, 3.63) is 42.0 Å². The zero-order valence-electron chi connectivity index (χ0n) is 12.7. The summed E-state index contributed by atoms with van der Waals surface area (Å²) in [5, 5.41) is 1.03. The van der Waals surface area contributed by atoms with Gasteiger partial charge in [0.15, 0.2) is 0 Å². The molecule has 1 aromatic carbocycles. The summed E-state index contributed by atoms with van der Waals surface area (Å²) in [4.78, 5) is 40.7. The molecule has 1 radical (unpaired) electrons. The minimum atomic E-state index is -0.685. The molecule has 1 rings (SSSR count). The Kier molecular flexibility index (Phi) is 7.56. The number of benzene rings is 1. The summed E-state index contributed by atoms with van der Waals surface area (Å²) in [6.07, 6.45) is 5.04. The van der Waals surface area contributed by atoms with E-state index in [-0.39, 0.29) is 0 Å². The van der Waals surface area contributed by atoms with Crippen molar-refractivity contribution in [1.29, 1.82) is 0 Å². The summed E-state index contributed by atoms with van der Waals surface area (Å²) in [5.74, 6) is -0.602. The number of carbonyl (C=O) groups excluding carboxylic acids is 3. The molecule has 22 heavy (non-hydrogen) atoms. The van der Waals surface area contributed by atoms with Crippen LogP contribution in [-0.2, 0) is 14.4 Å². The first-order valence-electron chi connectivity index (χ1n) is 6.89. The van der Waals surface area contributed by atoms with Crippen LogP contribution in [0.2, 0.25) is 0 Å². The van der Waals surface area contributed by atoms with E-state index < -0.39 is 18.5 Å². The summed E-state index contributed by atoms with van der Waals surface area (Å²) in [6, 6.07) is 8.48. The van der Waals surface area contributed by atoms with Crippen molar-refractivity contribution < 1.29 is 19.2 Å². The highest BCUT2D eigenvalue weighted by molar-refractivity contribution is 6.03. The second-order valence-electron chi connectivity index (χ2n) is 4.38. The molecule has 0 fully saturated rings. The second-order valence-corrected chi connectivity index (χ2v) is 4.38. The minimum absolute atomic E-state index is 0.320. The highest BCUT2D eigenvalue weighted by atomic mass is 16.7. The molecule has 6 heteroatoms. The Hall–Kier alpha value is -2.47. The van der Waals surface area contributed by atoms with E-state index in [0.29, 0.717) is 13.0 Å². The predicted octanol–water partition coefficient (Wildman–Crippen LogP) is 2.03. The fourth-order valence-electron chi connectivity index (χ4n) is 1.73. The molecule has 0 spiro atoms. The highest BCUT2D eigenvalue weighted by Gasteiger charge is 2.24. The normalized spacial score (nSPS) is 10.5. The van der Waals surface area contributed by atoms with Gasteiger partial charge in [0.05, 0.1) is 20.2 Å². The predicted molar refractivity (Wildman–Crippen MR) is 82.3 cm³/mol. The summed E-state index contributed by atoms with van der Waals surface area (Å²) in [7, 11) is 1.33. The first-order valence-corrected chi connectivity index (χ1v) is 6.89. The zero-order chi connectivity index (χ0) is 16.4. The van der Waals surface area contributed by atoms with Gasteiger partial charge in [-0.05, 0) is 18.1 Å². The van der Waals surface area contributed by atoms with Gasteiger partial charge < -0.3 is 0 Å². The van der Waals surface area contributed by atoms with Gasteiger partial charge in [-0.1, -0.05) is 37.3 Å². The van der Waals surface area contributed by atoms with Crippen molar-refractivity contribution in [1.82, 2.24) is 9.96 Å². The van der Waals surface area contributed by atoms with E-state index in [2.05, 4.69) is 0 Å². The van der Waals surface area contributed by atoms with E-state index in [1.165, 1.54) is 13.2 Å². The smallest absolute Gasteiger partial charge is 0.289 e. The van der Waals surface area contributed by atoms with Crippen LogP contribution in [0.5, 0.6) is 0 Å². The molecule has 0 atom stereocenters. The van der Waals surface area contributed by atoms with Crippen molar-refractivity contribution in [3.8, 4) is 0 Å². The van der Waals surface area contributed by atoms with Gasteiger partial charge in [-0.3, -0.25) is 19.3 Å². The number of urea groups is 1. The van der Waals surface area contributed by atoms with Gasteiger partial charge in [-0.2, -0.15) is 0 Å². The number of imide groups is 1. The Morgan fingerprint density at radius 3 is 2.50 bits per heavy atom. The third-order valence-corrected chi connectivity index (χ3v) is 2.80. The molecule has 0 heterocycles. The molecular formula is C16H19N2O4. The molecule has 0 bridgehead atoms. The SMILES string of the molecule is CCCN(OC)C(=O)N(C[C]=O)C(=O)/C=C/c1ccccc1. The monoisotopic (exact) mass is 303 g/mol. The molecule has 0 N–H and O–H groups in total. The Balaban J connectivity index is 2.85. The molecule has 6 nitrogen and oxygen atoms in total. The van der Waals surface area contributed by atoms with Crippen molar-refractivity contribution in [2.75, 3.05) is 20.2 Å². The number of hydroxylamine groups is 2. The zero-order valence-corrected chi connectivity index (χ0v) is 12.7. The first-order chi connectivity index (χ1) is 10.6. The van der Waals surface area contributed by atoms with Crippen LogP contribution in [0.25, 0.3) is 6.08 Å². The van der Waals surface area contributed by atoms with Gasteiger partial charge in [0.2, 0.25) is 6.29 Å². The third kappa shape index (κ3) is 5.14. The van der Waals surface area contributed by atoms with Crippen LogP contribution in [0, 0.1) is 0 Å². The molecule has 117 valence electrons. The van der Waals surface area contributed by atoms with Crippen LogP contribution in [0.15, 0.2) is 36.4 Å². The third-order valence-electron chi connectivity index (χ3n) is 2.80. The molecule has 0 aliphatic carbocycles. The van der Waals surface area contributed by atoms with Crippen LogP contribution >= 0.6 is 0 Å². The van der Waals surface area contributed by atoms with Crippen molar-refractivity contribution >= 4 is 24.3 Å². The van der Waals surface area contributed by atoms with Crippen LogP contribution in [0.1, 0.15) is 18.9 Å². The maximum Gasteiger partial charge on any atom is 0.351 e. The van der Waals surface area contributed by atoms with Gasteiger partial charge in [-0.25, -0.2) is 9.86 Å². The summed E-state index contributed by atoms with van der Waals surface area (Å²) in [5.41, 5.74) is 0.815. The van der Waals surface area contributed by atoms with Crippen LogP contribution in [0.4, 0.5) is 4.79 Å². The molecule has 0 aliphatic heterocycles. The molecular weight excluding hydrogens is 284 g/mol. The quantitative estimate of drug-likeness (QED) is 0.571. The lowest BCUT2D eigenvalue weighted by atomic mass is 10.2. The van der Waals surface area contributed by atoms with Crippen LogP contribution in [-0.4, -0.2) is 48.4 Å². The number of amides is 3. The van der Waals surface area contributed by atoms with E-state index in [1.54, 1.807) is 12.4 Å². The fraction of sp³-hybridized carbons (Fsp3) is 0.312. The van der Waals surface area contributed by atoms with Crippen molar-refractivity contribution in [2.45, 2.75) is 13.3 Å². The first kappa shape index (κ1) is 17.6. The van der Waals surface area contributed by atoms with E-state index in [0.717, 1.165) is 15.5 Å². The molecule has 3 amide bonds. The average molecular weight is 303 g/mol. The maximum atomic E-state index is 12.2. The highest BCUT2D eigenvalue weighted by Crippen LogP contribution is 2.05. The summed E-state index contributed by atoms with van der Waals surface area (Å²) >= 11 is 0. The van der Waals surface area contributed by atoms with E-state index in [1.807, 2.05) is 37.3 Å². The minimum Gasteiger partial charge on any atom is -0.289 e. The van der Waals surface area contributed by atoms with Crippen LogP contribution in [0.3, 0.4) is 0 Å². The standard InChI is InChI=1S/C16H19N2O4/c1-3-11-18(22-2)16(21)17(12-13-19)15(20)10-9-14-7-5-4-6-8-14/h4-10H,3,11-12H2,1-2H3/b10-9+. The van der Waals surface area contributed by atoms with Gasteiger partial charge in [0, 0.05) is 6.08 Å². The lowest BCUT2D eigenvalue weighted by Crippen LogP contribution is -2.46. The maximum absolute atomic E-state index is 12.2. The Morgan fingerprint density at radius 1 is 1.27 bits per heavy atom. The summed E-state index contributed by atoms with van der Waals surface area (Å²) in [6.45, 7) is 1.74. The largest absolute Gasteiger partial charge is 0.351 e. The number of carbonyl (C=O) groups is 2. The van der Waals surface area contributed by atoms with Gasteiger partial charge in [0.25, 0.3) is 5.91 Å². The van der Waals surface area contributed by atoms with E-state index in [4.69, 9.17) is 4.84 Å². The second kappa shape index (κ2) is 9.46. The van der Waals surface area contributed by atoms with Gasteiger partial charge in [-0.15, -0.1) is 0 Å².